The van der Waals surface area contributed by atoms with E-state index < -0.39 is 42.1 Å². The number of anilines is 2. The van der Waals surface area contributed by atoms with Crippen LogP contribution in [0.25, 0.3) is 0 Å². The molecule has 2 saturated heterocycles. The van der Waals surface area contributed by atoms with E-state index in [1.54, 1.807) is 53.4 Å². The number of halogens is 6. The number of alkyl halides is 6. The van der Waals surface area contributed by atoms with Gasteiger partial charge in [-0.1, -0.05) is 20.5 Å². The van der Waals surface area contributed by atoms with Crippen molar-refractivity contribution in [2.24, 2.45) is 0 Å². The van der Waals surface area contributed by atoms with Crippen molar-refractivity contribution in [2.75, 3.05) is 65.3 Å². The Hall–Kier alpha value is -5.47. The van der Waals surface area contributed by atoms with Crippen LogP contribution < -0.4 is 34.9 Å². The maximum Gasteiger partial charge on any atom is 0.410 e. The molecule has 4 aliphatic heterocycles. The van der Waals surface area contributed by atoms with Crippen molar-refractivity contribution in [3.63, 3.8) is 0 Å². The maximum absolute atomic E-state index is 14.1. The first-order valence-electron chi connectivity index (χ1n) is 21.8. The molecule has 8 rings (SSSR count). The van der Waals surface area contributed by atoms with E-state index >= 15 is 0 Å². The number of hydrogen-bond donors (Lipinski definition) is 3. The Labute approximate surface area is 382 Å². The Morgan fingerprint density at radius 1 is 0.621 bits per heavy atom. The normalized spacial score (nSPS) is 21.4. The fraction of sp³-hybridized carbons (Fsp3) is 0.578. The molecular formula is C45H62BF6N8O6-. The number of benzene rings is 2. The quantitative estimate of drug-likeness (QED) is 0.116. The molecule has 6 heterocycles. The van der Waals surface area contributed by atoms with Gasteiger partial charge in [0.05, 0.1) is 51.9 Å². The molecule has 0 spiro atoms. The molecule has 4 aromatic rings. The van der Waals surface area contributed by atoms with E-state index in [0.29, 0.717) is 77.4 Å². The number of carbonyl (C=O) groups excluding carboxylic acids is 1. The SMILES string of the molecule is COc1ccc(C2CC(C(F)(F)F)n3nc(C4CCN(C(=O)OC(C)(C)C)CC4)cc3N2)cc1OC.COc1ccc(C2CC(C(F)(F)F)n3nc(C4CCNCC4)cc3N2)cc1OC.[BH4-]. The van der Waals surface area contributed by atoms with Gasteiger partial charge in [0.2, 0.25) is 0 Å². The molecule has 14 nitrogen and oxygen atoms in total. The molecule has 4 unspecified atom stereocenters. The topological polar surface area (TPSA) is 138 Å². The zero-order valence-electron chi connectivity index (χ0n) is 37.6. The average Bonchev–Trinajstić information content (AvgIpc) is 3.92. The molecule has 4 aliphatic rings. The third-order valence-electron chi connectivity index (χ3n) is 12.4. The van der Waals surface area contributed by atoms with Crippen molar-refractivity contribution in [2.45, 2.75) is 113 Å². The largest absolute Gasteiger partial charge is 0.493 e. The number of ether oxygens (including phenoxy) is 5. The van der Waals surface area contributed by atoms with Gasteiger partial charge in [0.25, 0.3) is 0 Å². The summed E-state index contributed by atoms with van der Waals surface area (Å²) in [6, 6.07) is 9.30. The first-order valence-corrected chi connectivity index (χ1v) is 21.8. The minimum Gasteiger partial charge on any atom is -0.493 e. The number of amides is 1. The molecule has 364 valence electrons. The smallest absolute Gasteiger partial charge is 0.410 e. The van der Waals surface area contributed by atoms with E-state index in [1.165, 1.54) is 28.4 Å². The van der Waals surface area contributed by atoms with Crippen molar-refractivity contribution in [3.05, 3.63) is 71.0 Å². The monoisotopic (exact) mass is 935 g/mol. The maximum atomic E-state index is 14.1. The lowest BCUT2D eigenvalue weighted by atomic mass is 9.93. The number of rotatable bonds is 8. The van der Waals surface area contributed by atoms with Crippen molar-refractivity contribution in [1.29, 1.82) is 0 Å². The van der Waals surface area contributed by atoms with Gasteiger partial charge in [0, 0.05) is 49.9 Å². The average molecular weight is 936 g/mol. The van der Waals surface area contributed by atoms with Gasteiger partial charge in [-0.25, -0.2) is 14.2 Å². The second-order valence-electron chi connectivity index (χ2n) is 17.8. The zero-order chi connectivity index (χ0) is 46.8. The second kappa shape index (κ2) is 20.2. The summed E-state index contributed by atoms with van der Waals surface area (Å²) in [7, 11) is 6.03. The summed E-state index contributed by atoms with van der Waals surface area (Å²) >= 11 is 0. The summed E-state index contributed by atoms with van der Waals surface area (Å²) in [4.78, 5) is 14.0. The Balaban J connectivity index is 0.000000220. The van der Waals surface area contributed by atoms with Crippen molar-refractivity contribution in [3.8, 4) is 23.0 Å². The van der Waals surface area contributed by atoms with Gasteiger partial charge in [-0.15, -0.1) is 0 Å². The van der Waals surface area contributed by atoms with E-state index in [-0.39, 0.29) is 39.2 Å². The summed E-state index contributed by atoms with van der Waals surface area (Å²) in [5.74, 6) is 2.87. The number of aromatic nitrogens is 4. The van der Waals surface area contributed by atoms with Crippen molar-refractivity contribution < 1.29 is 54.8 Å². The summed E-state index contributed by atoms with van der Waals surface area (Å²) in [6.45, 7) is 8.08. The van der Waals surface area contributed by atoms with E-state index in [9.17, 15) is 31.1 Å². The highest BCUT2D eigenvalue weighted by atomic mass is 19.4. The Bertz CT molecular complexity index is 2270. The number of piperidine rings is 2. The highest BCUT2D eigenvalue weighted by Gasteiger charge is 2.48. The molecule has 0 saturated carbocycles. The first-order chi connectivity index (χ1) is 30.8. The number of carbonyl (C=O) groups is 1. The van der Waals surface area contributed by atoms with Gasteiger partial charge in [-0.05, 0) is 94.9 Å². The zero-order valence-corrected chi connectivity index (χ0v) is 37.6. The van der Waals surface area contributed by atoms with E-state index in [0.717, 1.165) is 41.0 Å². The third kappa shape index (κ3) is 11.2. The third-order valence-corrected chi connectivity index (χ3v) is 12.4. The van der Waals surface area contributed by atoms with Gasteiger partial charge in [0.1, 0.15) is 17.2 Å². The highest BCUT2D eigenvalue weighted by Crippen LogP contribution is 2.47. The predicted molar refractivity (Wildman–Crippen MR) is 242 cm³/mol. The Kier molecular flexibility index (Phi) is 15.3. The standard InChI is InChI=1S/C25H33F3N4O4.C20H25F3N4O2.BH4/c1-24(2,3)36-23(33)31-10-8-15(9-11-31)18-14-22-29-17(13-21(25(26,27)28)32(22)30-18)16-6-7-19(34-4)20(12-16)35-5;1-28-16-4-3-13(9-17(16)29-2)14-10-18(20(21,22)23)27-19(25-14)11-15(26-27)12-5-7-24-8-6-12;/h6-7,12,14-15,17,21,29H,8-11,13H2,1-5H3;3-4,9,11-12,14,18,24-25H,5-8,10H2,1-2H3;1H4/q;;-1. The summed E-state index contributed by atoms with van der Waals surface area (Å²) in [6.07, 6.45) is -6.60. The molecule has 3 N–H and O–H groups in total. The lowest BCUT2D eigenvalue weighted by Gasteiger charge is -2.33. The van der Waals surface area contributed by atoms with E-state index in [1.807, 2.05) is 20.8 Å². The van der Waals surface area contributed by atoms with Gasteiger partial charge >= 0.3 is 18.4 Å². The molecular weight excluding hydrogens is 873 g/mol. The van der Waals surface area contributed by atoms with Crippen molar-refractivity contribution >= 4 is 26.1 Å². The second-order valence-corrected chi connectivity index (χ2v) is 17.8. The summed E-state index contributed by atoms with van der Waals surface area (Å²) in [5.41, 5.74) is 2.13. The van der Waals surface area contributed by atoms with Crippen LogP contribution in [0.4, 0.5) is 42.8 Å². The number of nitrogens with one attached hydrogen (secondary N) is 3. The molecule has 66 heavy (non-hydrogen) atoms. The number of fused-ring (bicyclic) bond motifs is 2. The van der Waals surface area contributed by atoms with Gasteiger partial charge in [-0.3, -0.25) is 0 Å². The fourth-order valence-electron chi connectivity index (χ4n) is 8.96. The number of likely N-dealkylation sites (tertiary alicyclic amines) is 1. The van der Waals surface area contributed by atoms with Gasteiger partial charge in [-0.2, -0.15) is 36.5 Å². The Morgan fingerprint density at radius 3 is 1.41 bits per heavy atom. The molecule has 4 atom stereocenters. The van der Waals surface area contributed by atoms with Crippen LogP contribution in [0.2, 0.25) is 0 Å². The molecule has 2 fully saturated rings. The van der Waals surface area contributed by atoms with Crippen LogP contribution >= 0.6 is 0 Å². The van der Waals surface area contributed by atoms with Crippen LogP contribution in [0.15, 0.2) is 48.5 Å². The van der Waals surface area contributed by atoms with Gasteiger partial charge in [0.15, 0.2) is 35.1 Å². The van der Waals surface area contributed by atoms with Crippen LogP contribution in [0, 0.1) is 0 Å². The van der Waals surface area contributed by atoms with Crippen LogP contribution in [0.1, 0.15) is 118 Å². The predicted octanol–water partition coefficient (Wildman–Crippen LogP) is 8.25. The van der Waals surface area contributed by atoms with E-state index in [4.69, 9.17) is 23.7 Å². The molecule has 21 heteroatoms. The summed E-state index contributed by atoms with van der Waals surface area (Å²) in [5, 5.41) is 18.5. The van der Waals surface area contributed by atoms with E-state index in [2.05, 4.69) is 26.1 Å². The lowest BCUT2D eigenvalue weighted by Crippen LogP contribution is -2.41. The fourth-order valence-corrected chi connectivity index (χ4v) is 8.96. The minimum atomic E-state index is -4.46. The highest BCUT2D eigenvalue weighted by molar-refractivity contribution is 5.75. The molecule has 0 radical (unpaired) electrons. The van der Waals surface area contributed by atoms with Crippen LogP contribution in [0.3, 0.4) is 0 Å². The van der Waals surface area contributed by atoms with Crippen LogP contribution in [-0.2, 0) is 4.74 Å². The van der Waals surface area contributed by atoms with Crippen LogP contribution in [0.5, 0.6) is 23.0 Å². The molecule has 1 amide bonds. The molecule has 0 bridgehead atoms. The summed E-state index contributed by atoms with van der Waals surface area (Å²) < 4.78 is 113. The number of nitrogens with zero attached hydrogens (tertiary/aromatic N) is 5. The molecule has 2 aromatic carbocycles. The first kappa shape index (κ1) is 50.0. The van der Waals surface area contributed by atoms with Crippen molar-refractivity contribution in [1.82, 2.24) is 29.8 Å². The van der Waals surface area contributed by atoms with Crippen LogP contribution in [-0.4, -0.2) is 112 Å². The van der Waals surface area contributed by atoms with Gasteiger partial charge < -0.3 is 44.5 Å². The molecule has 0 aliphatic carbocycles. The Morgan fingerprint density at radius 2 is 1.03 bits per heavy atom. The molecule has 2 aromatic heterocycles. The number of hydrogen-bond acceptors (Lipinski definition) is 11. The number of methoxy groups -OCH3 is 4. The minimum absolute atomic E-state index is 0. The lowest BCUT2D eigenvalue weighted by molar-refractivity contribution is -0.174.